The van der Waals surface area contributed by atoms with E-state index in [0.717, 1.165) is 81.1 Å². The van der Waals surface area contributed by atoms with E-state index in [-0.39, 0.29) is 5.91 Å². The molecule has 170 valence electrons. The Morgan fingerprint density at radius 2 is 1.88 bits per heavy atom. The minimum Gasteiger partial charge on any atom is -0.451 e. The number of piperidine rings is 1. The van der Waals surface area contributed by atoms with E-state index in [2.05, 4.69) is 28.5 Å². The maximum absolute atomic E-state index is 13.5. The fraction of sp³-hybridized carbons (Fsp3) is 0.480. The highest BCUT2D eigenvalue weighted by atomic mass is 32.2. The minimum absolute atomic E-state index is 0.0506. The molecule has 2 saturated heterocycles. The Bertz CT molecular complexity index is 1020. The number of rotatable bonds is 7. The molecule has 0 atom stereocenters. The first kappa shape index (κ1) is 22.0. The number of carbonyl (C=O) groups excluding carboxylic acids is 1. The lowest BCUT2D eigenvalue weighted by molar-refractivity contribution is 0.0331. The maximum Gasteiger partial charge on any atom is 0.289 e. The van der Waals surface area contributed by atoms with Crippen LogP contribution >= 0.6 is 23.1 Å². The highest BCUT2D eigenvalue weighted by molar-refractivity contribution is 8.00. The topological polar surface area (TPSA) is 45.9 Å². The third-order valence-electron chi connectivity index (χ3n) is 6.61. The molecule has 2 aromatic heterocycles. The van der Waals surface area contributed by atoms with Crippen LogP contribution in [0.1, 0.15) is 35.4 Å². The molecule has 2 fully saturated rings. The van der Waals surface area contributed by atoms with Gasteiger partial charge in [0.2, 0.25) is 0 Å². The monoisotopic (exact) mass is 470 g/mol. The zero-order valence-corrected chi connectivity index (χ0v) is 20.0. The number of para-hydroxylation sites is 1. The predicted octanol–water partition coefficient (Wildman–Crippen LogP) is 5.36. The van der Waals surface area contributed by atoms with E-state index >= 15 is 0 Å². The lowest BCUT2D eigenvalue weighted by Crippen LogP contribution is -2.41. The van der Waals surface area contributed by atoms with Gasteiger partial charge in [-0.05, 0) is 49.2 Å². The van der Waals surface area contributed by atoms with E-state index in [1.807, 2.05) is 23.1 Å². The number of benzene rings is 1. The summed E-state index contributed by atoms with van der Waals surface area (Å²) in [5, 5.41) is 3.14. The van der Waals surface area contributed by atoms with Gasteiger partial charge < -0.3 is 14.1 Å². The molecule has 5 nitrogen and oxygen atoms in total. The predicted molar refractivity (Wildman–Crippen MR) is 131 cm³/mol. The van der Waals surface area contributed by atoms with Gasteiger partial charge in [-0.15, -0.1) is 23.1 Å². The van der Waals surface area contributed by atoms with Crippen LogP contribution in [0.5, 0.6) is 0 Å². The van der Waals surface area contributed by atoms with E-state index < -0.39 is 0 Å². The number of morpholine rings is 1. The molecule has 0 unspecified atom stereocenters. The van der Waals surface area contributed by atoms with Crippen molar-refractivity contribution in [2.75, 3.05) is 45.9 Å². The number of hydrogen-bond acceptors (Lipinski definition) is 6. The number of hydrogen-bond donors (Lipinski definition) is 0. The quantitative estimate of drug-likeness (QED) is 0.435. The number of thioether (sulfide) groups is 1. The Hall–Kier alpha value is -1.80. The summed E-state index contributed by atoms with van der Waals surface area (Å²) in [6, 6.07) is 12.2. The smallest absolute Gasteiger partial charge is 0.289 e. The third kappa shape index (κ3) is 5.06. The van der Waals surface area contributed by atoms with Crippen LogP contribution in [0.15, 0.2) is 50.4 Å². The zero-order valence-electron chi connectivity index (χ0n) is 18.3. The van der Waals surface area contributed by atoms with E-state index in [1.54, 1.807) is 23.1 Å². The van der Waals surface area contributed by atoms with Crippen LogP contribution in [0.2, 0.25) is 0 Å². The molecule has 0 N–H and O–H groups in total. The average Bonchev–Trinajstić information content (AvgIpc) is 3.50. The van der Waals surface area contributed by atoms with Crippen molar-refractivity contribution in [3.05, 3.63) is 53.1 Å². The van der Waals surface area contributed by atoms with Gasteiger partial charge in [0.05, 0.1) is 17.4 Å². The van der Waals surface area contributed by atoms with Crippen molar-refractivity contribution in [1.29, 1.82) is 0 Å². The molecular weight excluding hydrogens is 440 g/mol. The minimum atomic E-state index is 0.0506. The molecule has 0 spiro atoms. The molecule has 2 aliphatic heterocycles. The first-order chi connectivity index (χ1) is 15.8. The Labute approximate surface area is 197 Å². The summed E-state index contributed by atoms with van der Waals surface area (Å²) in [7, 11) is 0. The van der Waals surface area contributed by atoms with E-state index in [0.29, 0.717) is 11.7 Å². The molecule has 0 bridgehead atoms. The summed E-state index contributed by atoms with van der Waals surface area (Å²) in [4.78, 5) is 18.0. The Balaban J connectivity index is 1.23. The molecule has 4 heterocycles. The van der Waals surface area contributed by atoms with Crippen molar-refractivity contribution in [2.45, 2.75) is 29.2 Å². The lowest BCUT2D eigenvalue weighted by Gasteiger charge is -2.33. The molecule has 0 saturated carbocycles. The molecule has 1 aromatic carbocycles. The lowest BCUT2D eigenvalue weighted by atomic mass is 9.93. The second-order valence-corrected chi connectivity index (χ2v) is 10.8. The number of thiophene rings is 1. The van der Waals surface area contributed by atoms with Crippen LogP contribution in [-0.4, -0.2) is 61.6 Å². The van der Waals surface area contributed by atoms with Gasteiger partial charge in [-0.3, -0.25) is 9.69 Å². The number of carbonyl (C=O) groups is 1. The first-order valence-corrected chi connectivity index (χ1v) is 13.4. The number of fused-ring (bicyclic) bond motifs is 1. The summed E-state index contributed by atoms with van der Waals surface area (Å²) in [6.07, 6.45) is 3.38. The highest BCUT2D eigenvalue weighted by Gasteiger charge is 2.29. The Kier molecular flexibility index (Phi) is 7.17. The summed E-state index contributed by atoms with van der Waals surface area (Å²) in [5.74, 6) is 2.03. The van der Waals surface area contributed by atoms with Gasteiger partial charge in [-0.2, -0.15) is 0 Å². The summed E-state index contributed by atoms with van der Waals surface area (Å²) in [5.41, 5.74) is 1.83. The van der Waals surface area contributed by atoms with Crippen molar-refractivity contribution < 1.29 is 13.9 Å². The molecular formula is C25H30N2O3S2. The van der Waals surface area contributed by atoms with Crippen molar-refractivity contribution in [1.82, 2.24) is 9.80 Å². The van der Waals surface area contributed by atoms with Gasteiger partial charge in [0.15, 0.2) is 5.76 Å². The van der Waals surface area contributed by atoms with Crippen molar-refractivity contribution >= 4 is 40.0 Å². The Morgan fingerprint density at radius 3 is 2.66 bits per heavy atom. The number of amides is 1. The standard InChI is InChI=1S/C25H30N2O3S2/c28-25(27-11-8-19(9-12-27)7-10-26-13-15-29-16-14-26)24-21(18-32-23-6-3-17-31-23)20-4-1-2-5-22(20)30-24/h1-6,17,19H,7-16,18H2. The van der Waals surface area contributed by atoms with Gasteiger partial charge in [0, 0.05) is 42.9 Å². The van der Waals surface area contributed by atoms with Crippen molar-refractivity contribution in [2.24, 2.45) is 5.92 Å². The molecule has 2 aliphatic rings. The van der Waals surface area contributed by atoms with Gasteiger partial charge >= 0.3 is 0 Å². The summed E-state index contributed by atoms with van der Waals surface area (Å²) < 4.78 is 12.8. The van der Waals surface area contributed by atoms with Crippen molar-refractivity contribution in [3.8, 4) is 0 Å². The van der Waals surface area contributed by atoms with Gasteiger partial charge in [0.25, 0.3) is 5.91 Å². The van der Waals surface area contributed by atoms with E-state index in [1.165, 1.54) is 10.6 Å². The number of nitrogens with zero attached hydrogens (tertiary/aromatic N) is 2. The average molecular weight is 471 g/mol. The SMILES string of the molecule is O=C(c1oc2ccccc2c1CSc1cccs1)N1CCC(CCN2CCOCC2)CC1. The van der Waals surface area contributed by atoms with Crippen LogP contribution < -0.4 is 0 Å². The second kappa shape index (κ2) is 10.4. The fourth-order valence-electron chi connectivity index (χ4n) is 4.66. The van der Waals surface area contributed by atoms with Crippen LogP contribution in [0.3, 0.4) is 0 Å². The second-order valence-electron chi connectivity index (χ2n) is 8.60. The first-order valence-electron chi connectivity index (χ1n) is 11.5. The normalized spacial score (nSPS) is 18.4. The molecule has 32 heavy (non-hydrogen) atoms. The molecule has 3 aromatic rings. The zero-order chi connectivity index (χ0) is 21.8. The summed E-state index contributed by atoms with van der Waals surface area (Å²) in [6.45, 7) is 6.61. The largest absolute Gasteiger partial charge is 0.451 e. The van der Waals surface area contributed by atoms with Crippen LogP contribution in [0.25, 0.3) is 11.0 Å². The fourth-order valence-corrected chi connectivity index (χ4v) is 6.47. The van der Waals surface area contributed by atoms with E-state index in [9.17, 15) is 4.79 Å². The molecule has 0 aliphatic carbocycles. The van der Waals surface area contributed by atoms with Gasteiger partial charge in [0.1, 0.15) is 5.58 Å². The molecule has 1 amide bonds. The Morgan fingerprint density at radius 1 is 1.06 bits per heavy atom. The molecule has 7 heteroatoms. The van der Waals surface area contributed by atoms with Crippen LogP contribution in [0.4, 0.5) is 0 Å². The summed E-state index contributed by atoms with van der Waals surface area (Å²) >= 11 is 3.51. The molecule has 0 radical (unpaired) electrons. The van der Waals surface area contributed by atoms with Crippen LogP contribution in [0, 0.1) is 5.92 Å². The number of furan rings is 1. The van der Waals surface area contributed by atoms with Crippen molar-refractivity contribution in [3.63, 3.8) is 0 Å². The number of ether oxygens (including phenoxy) is 1. The van der Waals surface area contributed by atoms with Gasteiger partial charge in [-0.1, -0.05) is 24.3 Å². The van der Waals surface area contributed by atoms with E-state index in [4.69, 9.17) is 9.15 Å². The maximum atomic E-state index is 13.5. The highest BCUT2D eigenvalue weighted by Crippen LogP contribution is 2.35. The third-order valence-corrected chi connectivity index (χ3v) is 8.76. The van der Waals surface area contributed by atoms with Crippen LogP contribution in [-0.2, 0) is 10.5 Å². The molecule has 5 rings (SSSR count). The van der Waals surface area contributed by atoms with Gasteiger partial charge in [-0.25, -0.2) is 0 Å². The number of likely N-dealkylation sites (tertiary alicyclic amines) is 1.